The standard InChI is InChI=1S/C9H14O/c1-5-7-9(10-4)8(3)6-2/h5,7H,1,3,6H2,2,4H3/b9-7+. The van der Waals surface area contributed by atoms with Crippen molar-refractivity contribution < 1.29 is 4.74 Å². The van der Waals surface area contributed by atoms with E-state index in [-0.39, 0.29) is 0 Å². The molecule has 0 radical (unpaired) electrons. The first-order valence-corrected chi connectivity index (χ1v) is 3.31. The summed E-state index contributed by atoms with van der Waals surface area (Å²) in [5, 5.41) is 0. The molecule has 0 N–H and O–H groups in total. The minimum absolute atomic E-state index is 0.817. The van der Waals surface area contributed by atoms with Crippen molar-refractivity contribution in [1.82, 2.24) is 0 Å². The van der Waals surface area contributed by atoms with E-state index in [1.165, 1.54) is 0 Å². The van der Waals surface area contributed by atoms with Crippen LogP contribution in [-0.4, -0.2) is 7.11 Å². The van der Waals surface area contributed by atoms with Gasteiger partial charge in [-0.15, -0.1) is 0 Å². The van der Waals surface area contributed by atoms with Gasteiger partial charge in [-0.3, -0.25) is 0 Å². The summed E-state index contributed by atoms with van der Waals surface area (Å²) in [6.07, 6.45) is 4.42. The molecule has 0 unspecified atom stereocenters. The smallest absolute Gasteiger partial charge is 0.121 e. The van der Waals surface area contributed by atoms with E-state index in [1.807, 2.05) is 13.0 Å². The van der Waals surface area contributed by atoms with Crippen LogP contribution in [-0.2, 0) is 4.74 Å². The maximum absolute atomic E-state index is 5.03. The Bertz CT molecular complexity index is 154. The highest BCUT2D eigenvalue weighted by atomic mass is 16.5. The van der Waals surface area contributed by atoms with Gasteiger partial charge in [-0.25, -0.2) is 0 Å². The van der Waals surface area contributed by atoms with Crippen molar-refractivity contribution in [2.75, 3.05) is 7.11 Å². The minimum Gasteiger partial charge on any atom is -0.497 e. The fraction of sp³-hybridized carbons (Fsp3) is 0.333. The summed E-state index contributed by atoms with van der Waals surface area (Å²) < 4.78 is 5.03. The molecule has 0 saturated heterocycles. The molecule has 0 bridgehead atoms. The maximum Gasteiger partial charge on any atom is 0.121 e. The van der Waals surface area contributed by atoms with Crippen molar-refractivity contribution in [3.05, 3.63) is 36.6 Å². The predicted octanol–water partition coefficient (Wildman–Crippen LogP) is 2.67. The van der Waals surface area contributed by atoms with E-state index >= 15 is 0 Å². The van der Waals surface area contributed by atoms with Crippen LogP contribution in [0.3, 0.4) is 0 Å². The van der Waals surface area contributed by atoms with Crippen molar-refractivity contribution in [1.29, 1.82) is 0 Å². The van der Waals surface area contributed by atoms with Crippen molar-refractivity contribution in [2.24, 2.45) is 0 Å². The van der Waals surface area contributed by atoms with Crippen molar-refractivity contribution in [3.8, 4) is 0 Å². The van der Waals surface area contributed by atoms with Crippen LogP contribution in [0, 0.1) is 0 Å². The van der Waals surface area contributed by atoms with E-state index in [4.69, 9.17) is 4.74 Å². The number of ether oxygens (including phenoxy) is 1. The van der Waals surface area contributed by atoms with E-state index < -0.39 is 0 Å². The summed E-state index contributed by atoms with van der Waals surface area (Å²) in [7, 11) is 1.64. The van der Waals surface area contributed by atoms with Gasteiger partial charge in [0.25, 0.3) is 0 Å². The molecule has 0 aliphatic heterocycles. The number of methoxy groups -OCH3 is 1. The Morgan fingerprint density at radius 2 is 2.20 bits per heavy atom. The second-order valence-electron chi connectivity index (χ2n) is 1.93. The third-order valence-electron chi connectivity index (χ3n) is 1.26. The van der Waals surface area contributed by atoms with Gasteiger partial charge in [0.15, 0.2) is 0 Å². The third kappa shape index (κ3) is 2.53. The number of allylic oxidation sites excluding steroid dienone is 3. The van der Waals surface area contributed by atoms with Gasteiger partial charge in [-0.1, -0.05) is 26.2 Å². The SMILES string of the molecule is C=C/C=C(/OC)C(=C)CC. The summed E-state index contributed by atoms with van der Waals surface area (Å²) in [5.41, 5.74) is 1.00. The van der Waals surface area contributed by atoms with Gasteiger partial charge in [-0.05, 0) is 18.1 Å². The molecule has 0 heterocycles. The second kappa shape index (κ2) is 4.86. The van der Waals surface area contributed by atoms with Crippen LogP contribution in [0.2, 0.25) is 0 Å². The van der Waals surface area contributed by atoms with Crippen LogP contribution in [0.1, 0.15) is 13.3 Å². The van der Waals surface area contributed by atoms with Gasteiger partial charge >= 0.3 is 0 Å². The van der Waals surface area contributed by atoms with Gasteiger partial charge in [0, 0.05) is 0 Å². The molecule has 0 aliphatic carbocycles. The molecule has 0 fully saturated rings. The van der Waals surface area contributed by atoms with Gasteiger partial charge in [0.2, 0.25) is 0 Å². The topological polar surface area (TPSA) is 9.23 Å². The molecule has 0 amide bonds. The molecule has 1 heteroatoms. The van der Waals surface area contributed by atoms with E-state index in [0.29, 0.717) is 0 Å². The molecule has 0 saturated carbocycles. The fourth-order valence-corrected chi connectivity index (χ4v) is 0.611. The largest absolute Gasteiger partial charge is 0.497 e. The summed E-state index contributed by atoms with van der Waals surface area (Å²) in [6.45, 7) is 9.43. The average Bonchev–Trinajstić information content (AvgIpc) is 1.99. The maximum atomic E-state index is 5.03. The van der Waals surface area contributed by atoms with E-state index in [2.05, 4.69) is 13.2 Å². The number of hydrogen-bond acceptors (Lipinski definition) is 1. The highest BCUT2D eigenvalue weighted by molar-refractivity contribution is 5.25. The lowest BCUT2D eigenvalue weighted by molar-refractivity contribution is 0.299. The Hall–Kier alpha value is -0.980. The third-order valence-corrected chi connectivity index (χ3v) is 1.26. The molecule has 0 aromatic heterocycles. The second-order valence-corrected chi connectivity index (χ2v) is 1.93. The highest BCUT2D eigenvalue weighted by Crippen LogP contribution is 2.11. The summed E-state index contributed by atoms with van der Waals surface area (Å²) in [5.74, 6) is 0.817. The van der Waals surface area contributed by atoms with Crippen LogP contribution < -0.4 is 0 Å². The fourth-order valence-electron chi connectivity index (χ4n) is 0.611. The Labute approximate surface area is 62.7 Å². The Morgan fingerprint density at radius 1 is 1.60 bits per heavy atom. The molecular weight excluding hydrogens is 124 g/mol. The summed E-state index contributed by atoms with van der Waals surface area (Å²) in [6, 6.07) is 0. The first-order valence-electron chi connectivity index (χ1n) is 3.31. The van der Waals surface area contributed by atoms with Gasteiger partial charge in [0.1, 0.15) is 5.76 Å². The van der Waals surface area contributed by atoms with Gasteiger partial charge in [-0.2, -0.15) is 0 Å². The molecule has 56 valence electrons. The van der Waals surface area contributed by atoms with Crippen molar-refractivity contribution in [2.45, 2.75) is 13.3 Å². The summed E-state index contributed by atoms with van der Waals surface area (Å²) >= 11 is 0. The van der Waals surface area contributed by atoms with Gasteiger partial charge in [0.05, 0.1) is 7.11 Å². The minimum atomic E-state index is 0.817. The monoisotopic (exact) mass is 138 g/mol. The van der Waals surface area contributed by atoms with Crippen LogP contribution in [0.15, 0.2) is 36.6 Å². The Kier molecular flexibility index (Phi) is 4.38. The lowest BCUT2D eigenvalue weighted by Crippen LogP contribution is -1.88. The zero-order valence-corrected chi connectivity index (χ0v) is 6.68. The lowest BCUT2D eigenvalue weighted by atomic mass is 10.2. The highest BCUT2D eigenvalue weighted by Gasteiger charge is 1.96. The molecule has 0 aliphatic rings. The zero-order valence-electron chi connectivity index (χ0n) is 6.68. The van der Waals surface area contributed by atoms with Crippen LogP contribution in [0.4, 0.5) is 0 Å². The van der Waals surface area contributed by atoms with Crippen molar-refractivity contribution >= 4 is 0 Å². The number of rotatable bonds is 4. The lowest BCUT2D eigenvalue weighted by Gasteiger charge is -2.05. The quantitative estimate of drug-likeness (QED) is 0.428. The van der Waals surface area contributed by atoms with Crippen molar-refractivity contribution in [3.63, 3.8) is 0 Å². The van der Waals surface area contributed by atoms with Gasteiger partial charge < -0.3 is 4.74 Å². The first-order chi connectivity index (χ1) is 4.76. The van der Waals surface area contributed by atoms with Crippen LogP contribution in [0.5, 0.6) is 0 Å². The molecular formula is C9H14O. The molecule has 0 aromatic rings. The Balaban J connectivity index is 4.19. The molecule has 0 atom stereocenters. The first kappa shape index (κ1) is 9.02. The zero-order chi connectivity index (χ0) is 7.98. The van der Waals surface area contributed by atoms with E-state index in [1.54, 1.807) is 13.2 Å². The Morgan fingerprint density at radius 3 is 2.50 bits per heavy atom. The number of hydrogen-bond donors (Lipinski definition) is 0. The van der Waals surface area contributed by atoms with Crippen LogP contribution in [0.25, 0.3) is 0 Å². The molecule has 1 nitrogen and oxygen atoms in total. The normalized spacial score (nSPS) is 10.8. The molecule has 0 rings (SSSR count). The summed E-state index contributed by atoms with van der Waals surface area (Å²) in [4.78, 5) is 0. The van der Waals surface area contributed by atoms with E-state index in [9.17, 15) is 0 Å². The molecule has 0 spiro atoms. The van der Waals surface area contributed by atoms with E-state index in [0.717, 1.165) is 17.8 Å². The molecule has 10 heavy (non-hydrogen) atoms. The molecule has 0 aromatic carbocycles. The predicted molar refractivity (Wildman–Crippen MR) is 44.7 cm³/mol. The average molecular weight is 138 g/mol. The van der Waals surface area contributed by atoms with Crippen LogP contribution >= 0.6 is 0 Å².